The molecule has 4 aromatic rings. The summed E-state index contributed by atoms with van der Waals surface area (Å²) in [7, 11) is -0.446. The predicted molar refractivity (Wildman–Crippen MR) is 110 cm³/mol. The molecule has 0 bridgehead atoms. The molecular formula is C24H20NiP+. The maximum Gasteiger partial charge on any atom is 2.00 e. The van der Waals surface area contributed by atoms with Crippen LogP contribution in [-0.4, -0.2) is 0 Å². The second kappa shape index (κ2) is 11.4. The van der Waals surface area contributed by atoms with E-state index in [1.807, 2.05) is 30.3 Å². The van der Waals surface area contributed by atoms with Gasteiger partial charge < -0.3 is 0 Å². The molecule has 0 aliphatic carbocycles. The molecule has 0 radical (unpaired) electrons. The molecule has 0 aromatic heterocycles. The van der Waals surface area contributed by atoms with Gasteiger partial charge in [0.1, 0.15) is 0 Å². The Kier molecular flexibility index (Phi) is 8.84. The first-order chi connectivity index (χ1) is 12.4. The Hall–Kier alpha value is -2.20. The van der Waals surface area contributed by atoms with Crippen LogP contribution < -0.4 is 15.9 Å². The molecule has 0 atom stereocenters. The van der Waals surface area contributed by atoms with Crippen LogP contribution in [0.25, 0.3) is 0 Å². The fourth-order valence-electron chi connectivity index (χ4n) is 2.52. The van der Waals surface area contributed by atoms with Gasteiger partial charge in [0.05, 0.1) is 0 Å². The van der Waals surface area contributed by atoms with Crippen molar-refractivity contribution in [2.75, 3.05) is 0 Å². The zero-order chi connectivity index (χ0) is 17.2. The summed E-state index contributed by atoms with van der Waals surface area (Å²) in [6.07, 6.45) is 0. The van der Waals surface area contributed by atoms with E-state index in [0.717, 1.165) is 0 Å². The molecule has 0 aliphatic heterocycles. The van der Waals surface area contributed by atoms with Crippen molar-refractivity contribution in [1.29, 1.82) is 0 Å². The third-order valence-electron chi connectivity index (χ3n) is 3.65. The standard InChI is InChI=1S/C18H15P.C6H5.Ni/c1-4-10-16(11-5-1)19(17-12-6-2-7-13-17)18-14-8-3-9-15-18;1-2-4-6-5-3-1;/h1-15H;1-5H;/q;-1;+2. The van der Waals surface area contributed by atoms with Gasteiger partial charge in [0, 0.05) is 0 Å². The van der Waals surface area contributed by atoms with Crippen LogP contribution in [-0.2, 0) is 16.5 Å². The third-order valence-corrected chi connectivity index (χ3v) is 6.09. The summed E-state index contributed by atoms with van der Waals surface area (Å²) in [4.78, 5) is 0. The monoisotopic (exact) mass is 397 g/mol. The second-order valence-corrected chi connectivity index (χ2v) is 7.64. The van der Waals surface area contributed by atoms with E-state index >= 15 is 0 Å². The van der Waals surface area contributed by atoms with Crippen molar-refractivity contribution in [3.8, 4) is 0 Å². The summed E-state index contributed by atoms with van der Waals surface area (Å²) < 4.78 is 0. The van der Waals surface area contributed by atoms with Gasteiger partial charge in [-0.15, -0.1) is 0 Å². The van der Waals surface area contributed by atoms with Gasteiger partial charge >= 0.3 is 16.5 Å². The van der Waals surface area contributed by atoms with Gasteiger partial charge in [0.15, 0.2) is 0 Å². The number of rotatable bonds is 3. The Morgan fingerprint density at radius 2 is 0.731 bits per heavy atom. The van der Waals surface area contributed by atoms with Crippen molar-refractivity contribution in [3.63, 3.8) is 0 Å². The molecule has 0 unspecified atom stereocenters. The van der Waals surface area contributed by atoms with E-state index in [9.17, 15) is 0 Å². The average Bonchev–Trinajstić information content (AvgIpc) is 2.72. The Morgan fingerprint density at radius 3 is 0.962 bits per heavy atom. The predicted octanol–water partition coefficient (Wildman–Crippen LogP) is 4.93. The first kappa shape index (κ1) is 20.1. The minimum absolute atomic E-state index is 0. The van der Waals surface area contributed by atoms with E-state index in [2.05, 4.69) is 97.1 Å². The van der Waals surface area contributed by atoms with Crippen LogP contribution in [0.4, 0.5) is 0 Å². The summed E-state index contributed by atoms with van der Waals surface area (Å²) in [5, 5.41) is 4.19. The molecule has 2 heteroatoms. The van der Waals surface area contributed by atoms with Crippen molar-refractivity contribution >= 4 is 23.8 Å². The zero-order valence-electron chi connectivity index (χ0n) is 14.3. The molecule has 26 heavy (non-hydrogen) atoms. The minimum atomic E-state index is -0.446. The Labute approximate surface area is 167 Å². The van der Waals surface area contributed by atoms with Crippen molar-refractivity contribution in [2.45, 2.75) is 0 Å². The van der Waals surface area contributed by atoms with E-state index < -0.39 is 7.92 Å². The summed E-state index contributed by atoms with van der Waals surface area (Å²) in [6, 6.07) is 44.8. The molecule has 0 aliphatic rings. The number of hydrogen-bond donors (Lipinski definition) is 0. The van der Waals surface area contributed by atoms with E-state index in [4.69, 9.17) is 0 Å². The van der Waals surface area contributed by atoms with Gasteiger partial charge in [-0.25, -0.2) is 0 Å². The Morgan fingerprint density at radius 1 is 0.423 bits per heavy atom. The summed E-state index contributed by atoms with van der Waals surface area (Å²) in [5.41, 5.74) is 0. The van der Waals surface area contributed by atoms with Crippen LogP contribution in [0.5, 0.6) is 0 Å². The van der Waals surface area contributed by atoms with Crippen molar-refractivity contribution < 1.29 is 16.5 Å². The number of hydrogen-bond acceptors (Lipinski definition) is 0. The summed E-state index contributed by atoms with van der Waals surface area (Å²) >= 11 is 0. The second-order valence-electron chi connectivity index (χ2n) is 5.42. The van der Waals surface area contributed by atoms with E-state index in [1.165, 1.54) is 15.9 Å². The molecule has 0 amide bonds. The molecule has 0 saturated heterocycles. The quantitative estimate of drug-likeness (QED) is 0.261. The smallest absolute Gasteiger partial charge is 0.184 e. The van der Waals surface area contributed by atoms with Crippen LogP contribution in [0.15, 0.2) is 121 Å². The third kappa shape index (κ3) is 5.96. The molecule has 130 valence electrons. The normalized spacial score (nSPS) is 9.58. The van der Waals surface area contributed by atoms with E-state index in [1.54, 1.807) is 0 Å². The molecular weight excluding hydrogens is 378 g/mol. The Balaban J connectivity index is 0.000000297. The summed E-state index contributed by atoms with van der Waals surface area (Å²) in [5.74, 6) is 0. The van der Waals surface area contributed by atoms with Gasteiger partial charge in [0.2, 0.25) is 0 Å². The fourth-order valence-corrected chi connectivity index (χ4v) is 4.83. The molecule has 0 heterocycles. The molecule has 0 fully saturated rings. The largest absolute Gasteiger partial charge is 2.00 e. The van der Waals surface area contributed by atoms with Crippen LogP contribution >= 0.6 is 7.92 Å². The van der Waals surface area contributed by atoms with Crippen LogP contribution in [0, 0.1) is 6.07 Å². The molecule has 0 N–H and O–H groups in total. The number of benzene rings is 4. The molecule has 4 rings (SSSR count). The Bertz CT molecular complexity index is 713. The maximum absolute atomic E-state index is 2.89. The average molecular weight is 398 g/mol. The topological polar surface area (TPSA) is 0 Å². The molecule has 0 spiro atoms. The molecule has 0 nitrogen and oxygen atoms in total. The first-order valence-corrected chi connectivity index (χ1v) is 9.66. The summed E-state index contributed by atoms with van der Waals surface area (Å²) in [6.45, 7) is 0. The fraction of sp³-hybridized carbons (Fsp3) is 0. The van der Waals surface area contributed by atoms with Gasteiger partial charge in [-0.1, -0.05) is 91.0 Å². The van der Waals surface area contributed by atoms with Crippen molar-refractivity contribution in [2.24, 2.45) is 0 Å². The van der Waals surface area contributed by atoms with Crippen LogP contribution in [0.1, 0.15) is 0 Å². The van der Waals surface area contributed by atoms with Gasteiger partial charge in [-0.2, -0.15) is 36.4 Å². The zero-order valence-corrected chi connectivity index (χ0v) is 16.2. The van der Waals surface area contributed by atoms with E-state index in [-0.39, 0.29) is 16.5 Å². The van der Waals surface area contributed by atoms with Crippen molar-refractivity contribution in [3.05, 3.63) is 127 Å². The van der Waals surface area contributed by atoms with Gasteiger partial charge in [-0.05, 0) is 23.8 Å². The van der Waals surface area contributed by atoms with Crippen molar-refractivity contribution in [1.82, 2.24) is 0 Å². The maximum atomic E-state index is 2.89. The van der Waals surface area contributed by atoms with Crippen LogP contribution in [0.3, 0.4) is 0 Å². The van der Waals surface area contributed by atoms with Crippen LogP contribution in [0.2, 0.25) is 0 Å². The molecule has 4 aromatic carbocycles. The minimum Gasteiger partial charge on any atom is -0.184 e. The van der Waals surface area contributed by atoms with Gasteiger partial charge in [-0.3, -0.25) is 0 Å². The van der Waals surface area contributed by atoms with Gasteiger partial charge in [0.25, 0.3) is 0 Å². The first-order valence-electron chi connectivity index (χ1n) is 8.31. The SMILES string of the molecule is [Ni+2].[c-]1ccccc1.c1ccc(P(c2ccccc2)c2ccccc2)cc1. The van der Waals surface area contributed by atoms with E-state index in [0.29, 0.717) is 0 Å². The molecule has 0 saturated carbocycles.